The van der Waals surface area contributed by atoms with Crippen LogP contribution >= 0.6 is 0 Å². The van der Waals surface area contributed by atoms with Crippen molar-refractivity contribution in [3.05, 3.63) is 29.8 Å². The van der Waals surface area contributed by atoms with Crippen LogP contribution in [0.25, 0.3) is 0 Å². The van der Waals surface area contributed by atoms with E-state index >= 15 is 0 Å². The summed E-state index contributed by atoms with van der Waals surface area (Å²) >= 11 is 0. The lowest BCUT2D eigenvalue weighted by Gasteiger charge is -2.19. The first-order valence-electron chi connectivity index (χ1n) is 8.96. The minimum absolute atomic E-state index is 0.0208. The van der Waals surface area contributed by atoms with Gasteiger partial charge in [-0.05, 0) is 30.8 Å². The smallest absolute Gasteiger partial charge is 0.229 e. The van der Waals surface area contributed by atoms with Crippen LogP contribution in [0.15, 0.2) is 24.3 Å². The number of hydrogen-bond donors (Lipinski definition) is 1. The highest BCUT2D eigenvalue weighted by atomic mass is 16.5. The van der Waals surface area contributed by atoms with Crippen molar-refractivity contribution in [3.8, 4) is 0 Å². The van der Waals surface area contributed by atoms with Crippen molar-refractivity contribution in [1.29, 1.82) is 0 Å². The summed E-state index contributed by atoms with van der Waals surface area (Å²) in [5.74, 6) is -0.364. The van der Waals surface area contributed by atoms with Crippen molar-refractivity contribution in [2.24, 2.45) is 5.92 Å². The number of carbonyl (C=O) groups excluding carboxylic acids is 2. The van der Waals surface area contributed by atoms with Crippen LogP contribution in [0, 0.1) is 5.92 Å². The van der Waals surface area contributed by atoms with Gasteiger partial charge < -0.3 is 15.0 Å². The van der Waals surface area contributed by atoms with Crippen molar-refractivity contribution < 1.29 is 14.3 Å². The lowest BCUT2D eigenvalue weighted by molar-refractivity contribution is -0.128. The molecule has 1 aliphatic heterocycles. The molecule has 25 heavy (non-hydrogen) atoms. The molecule has 1 fully saturated rings. The summed E-state index contributed by atoms with van der Waals surface area (Å²) < 4.78 is 5.01. The summed E-state index contributed by atoms with van der Waals surface area (Å²) in [5, 5.41) is 2.96. The highest BCUT2D eigenvalue weighted by Crippen LogP contribution is 2.20. The van der Waals surface area contributed by atoms with E-state index in [-0.39, 0.29) is 24.2 Å². The lowest BCUT2D eigenvalue weighted by Crippen LogP contribution is -2.30. The number of amides is 2. The average Bonchev–Trinajstić information content (AvgIpc) is 2.99. The molecule has 2 amide bonds. The van der Waals surface area contributed by atoms with E-state index in [0.717, 1.165) is 25.3 Å². The van der Waals surface area contributed by atoms with E-state index in [1.54, 1.807) is 12.0 Å². The molecule has 2 rings (SSSR count). The van der Waals surface area contributed by atoms with Gasteiger partial charge >= 0.3 is 0 Å². The molecule has 6 heteroatoms. The molecule has 0 unspecified atom stereocenters. The topological polar surface area (TPSA) is 61.9 Å². The third kappa shape index (κ3) is 5.54. The molecule has 1 N–H and O–H groups in total. The number of methoxy groups -OCH3 is 1. The largest absolute Gasteiger partial charge is 0.383 e. The molecule has 0 aromatic heterocycles. The first kappa shape index (κ1) is 19.4. The zero-order valence-corrected chi connectivity index (χ0v) is 15.5. The molecule has 138 valence electrons. The molecule has 1 aromatic carbocycles. The minimum Gasteiger partial charge on any atom is -0.383 e. The Morgan fingerprint density at radius 3 is 2.80 bits per heavy atom. The Bertz CT molecular complexity index is 587. The molecule has 0 radical (unpaired) electrons. The second kappa shape index (κ2) is 9.53. The van der Waals surface area contributed by atoms with Crippen LogP contribution in [0.4, 0.5) is 5.69 Å². The van der Waals surface area contributed by atoms with Crippen LogP contribution < -0.4 is 5.32 Å². The number of likely N-dealkylation sites (tertiary alicyclic amines) is 1. The fourth-order valence-electron chi connectivity index (χ4n) is 3.06. The summed E-state index contributed by atoms with van der Waals surface area (Å²) in [6.07, 6.45) is 0.273. The van der Waals surface area contributed by atoms with Gasteiger partial charge in [0, 0.05) is 38.9 Å². The van der Waals surface area contributed by atoms with E-state index in [4.69, 9.17) is 4.74 Å². The van der Waals surface area contributed by atoms with Gasteiger partial charge in [-0.1, -0.05) is 26.0 Å². The van der Waals surface area contributed by atoms with E-state index in [1.807, 2.05) is 18.2 Å². The van der Waals surface area contributed by atoms with Gasteiger partial charge in [0.25, 0.3) is 0 Å². The molecule has 0 bridgehead atoms. The van der Waals surface area contributed by atoms with Gasteiger partial charge in [-0.3, -0.25) is 14.5 Å². The maximum atomic E-state index is 12.5. The quantitative estimate of drug-likeness (QED) is 0.742. The maximum absolute atomic E-state index is 12.5. The standard InChI is InChI=1S/C19H29N3O3/c1-4-21(5-2)13-15-7-6-8-17(11-15)20-19(24)16-12-18(23)22(14-16)9-10-25-3/h6-8,11,16H,4-5,9-10,12-14H2,1-3H3,(H,20,24)/t16-/m1/s1. The van der Waals surface area contributed by atoms with Gasteiger partial charge in [0.2, 0.25) is 11.8 Å². The second-order valence-electron chi connectivity index (χ2n) is 6.38. The monoisotopic (exact) mass is 347 g/mol. The third-order valence-corrected chi connectivity index (χ3v) is 4.65. The number of anilines is 1. The number of hydrogen-bond acceptors (Lipinski definition) is 4. The molecule has 0 saturated carbocycles. The van der Waals surface area contributed by atoms with Crippen LogP contribution in [0.5, 0.6) is 0 Å². The van der Waals surface area contributed by atoms with Crippen LogP contribution in [-0.4, -0.2) is 61.5 Å². The lowest BCUT2D eigenvalue weighted by atomic mass is 10.1. The number of carbonyl (C=O) groups is 2. The van der Waals surface area contributed by atoms with Crippen LogP contribution in [0.2, 0.25) is 0 Å². The second-order valence-corrected chi connectivity index (χ2v) is 6.38. The van der Waals surface area contributed by atoms with Crippen LogP contribution in [-0.2, 0) is 20.9 Å². The molecule has 1 heterocycles. The van der Waals surface area contributed by atoms with Crippen molar-refractivity contribution in [2.75, 3.05) is 45.2 Å². The molecule has 0 aliphatic carbocycles. The predicted molar refractivity (Wildman–Crippen MR) is 98.3 cm³/mol. The van der Waals surface area contributed by atoms with E-state index < -0.39 is 0 Å². The molecule has 6 nitrogen and oxygen atoms in total. The van der Waals surface area contributed by atoms with E-state index in [2.05, 4.69) is 30.1 Å². The highest BCUT2D eigenvalue weighted by Gasteiger charge is 2.33. The van der Waals surface area contributed by atoms with E-state index in [9.17, 15) is 9.59 Å². The Kier molecular flexibility index (Phi) is 7.40. The molecule has 1 aromatic rings. The predicted octanol–water partition coefficient (Wildman–Crippen LogP) is 1.96. The van der Waals surface area contributed by atoms with Crippen molar-refractivity contribution >= 4 is 17.5 Å². The normalized spacial score (nSPS) is 17.4. The van der Waals surface area contributed by atoms with Crippen molar-refractivity contribution in [3.63, 3.8) is 0 Å². The van der Waals surface area contributed by atoms with E-state index in [1.165, 1.54) is 5.56 Å². The van der Waals surface area contributed by atoms with Gasteiger partial charge in [-0.15, -0.1) is 0 Å². The Morgan fingerprint density at radius 1 is 1.36 bits per heavy atom. The van der Waals surface area contributed by atoms with E-state index in [0.29, 0.717) is 19.7 Å². The SMILES string of the molecule is CCN(CC)Cc1cccc(NC(=O)[C@@H]2CC(=O)N(CCOC)C2)c1. The van der Waals surface area contributed by atoms with Crippen LogP contribution in [0.3, 0.4) is 0 Å². The summed E-state index contributed by atoms with van der Waals surface area (Å²) in [4.78, 5) is 28.5. The number of nitrogens with zero attached hydrogens (tertiary/aromatic N) is 2. The number of ether oxygens (including phenoxy) is 1. The van der Waals surface area contributed by atoms with Gasteiger partial charge in [0.1, 0.15) is 0 Å². The minimum atomic E-state index is -0.296. The maximum Gasteiger partial charge on any atom is 0.229 e. The highest BCUT2D eigenvalue weighted by molar-refractivity contribution is 5.97. The summed E-state index contributed by atoms with van der Waals surface area (Å²) in [6, 6.07) is 7.93. The summed E-state index contributed by atoms with van der Waals surface area (Å²) in [5.41, 5.74) is 1.96. The number of benzene rings is 1. The molecule has 0 spiro atoms. The number of nitrogens with one attached hydrogen (secondary N) is 1. The van der Waals surface area contributed by atoms with Gasteiger partial charge in [0.15, 0.2) is 0 Å². The molecular formula is C19H29N3O3. The van der Waals surface area contributed by atoms with Gasteiger partial charge in [-0.25, -0.2) is 0 Å². The zero-order valence-electron chi connectivity index (χ0n) is 15.5. The van der Waals surface area contributed by atoms with Crippen molar-refractivity contribution in [2.45, 2.75) is 26.8 Å². The van der Waals surface area contributed by atoms with Gasteiger partial charge in [-0.2, -0.15) is 0 Å². The molecule has 1 atom stereocenters. The molecule has 1 aliphatic rings. The Labute approximate surface area is 150 Å². The first-order valence-corrected chi connectivity index (χ1v) is 8.96. The summed E-state index contributed by atoms with van der Waals surface area (Å²) in [7, 11) is 1.61. The molecule has 1 saturated heterocycles. The van der Waals surface area contributed by atoms with Crippen molar-refractivity contribution in [1.82, 2.24) is 9.80 Å². The fourth-order valence-corrected chi connectivity index (χ4v) is 3.06. The molecular weight excluding hydrogens is 318 g/mol. The first-order chi connectivity index (χ1) is 12.1. The fraction of sp³-hybridized carbons (Fsp3) is 0.579. The van der Waals surface area contributed by atoms with Crippen LogP contribution in [0.1, 0.15) is 25.8 Å². The summed E-state index contributed by atoms with van der Waals surface area (Å²) in [6.45, 7) is 8.63. The Morgan fingerprint density at radius 2 is 2.12 bits per heavy atom. The average molecular weight is 347 g/mol. The third-order valence-electron chi connectivity index (χ3n) is 4.65. The Balaban J connectivity index is 1.93. The van der Waals surface area contributed by atoms with Gasteiger partial charge in [0.05, 0.1) is 12.5 Å². The Hall–Kier alpha value is -1.92. The zero-order chi connectivity index (χ0) is 18.2. The number of rotatable bonds is 9.